The second-order valence-electron chi connectivity index (χ2n) is 9.19. The van der Waals surface area contributed by atoms with Crippen molar-refractivity contribution in [3.63, 3.8) is 0 Å². The number of aryl methyl sites for hydroxylation is 1. The number of benzene rings is 2. The molecule has 4 rings (SSSR count). The maximum Gasteiger partial charge on any atom is 0.175 e. The average molecular weight is 524 g/mol. The number of rotatable bonds is 8. The Bertz CT molecular complexity index is 1380. The maximum atomic E-state index is 12.0. The van der Waals surface area contributed by atoms with Gasteiger partial charge in [0.25, 0.3) is 0 Å². The second kappa shape index (κ2) is 11.5. The molecule has 8 heteroatoms. The molecule has 190 valence electrons. The van der Waals surface area contributed by atoms with Crippen molar-refractivity contribution < 1.29 is 13.5 Å². The lowest BCUT2D eigenvalue weighted by Gasteiger charge is -2.29. The minimum absolute atomic E-state index is 0.300. The monoisotopic (exact) mass is 523 g/mol. The Morgan fingerprint density at radius 2 is 2.00 bits per heavy atom. The van der Waals surface area contributed by atoms with Gasteiger partial charge >= 0.3 is 0 Å². The highest BCUT2D eigenvalue weighted by molar-refractivity contribution is 7.90. The Kier molecular flexibility index (Phi) is 8.41. The number of likely N-dealkylation sites (tertiary alicyclic amines) is 1. The van der Waals surface area contributed by atoms with Gasteiger partial charge in [0.15, 0.2) is 9.84 Å². The van der Waals surface area contributed by atoms with E-state index in [-0.39, 0.29) is 6.10 Å². The summed E-state index contributed by atoms with van der Waals surface area (Å²) in [5.41, 5.74) is 10.8. The zero-order valence-corrected chi connectivity index (χ0v) is 22.4. The number of nitrogens with zero attached hydrogens (tertiary/aromatic N) is 2. The second-order valence-corrected chi connectivity index (χ2v) is 12.3. The van der Waals surface area contributed by atoms with Crippen LogP contribution >= 0.6 is 11.3 Å². The summed E-state index contributed by atoms with van der Waals surface area (Å²) in [6.45, 7) is 4.22. The number of hydrogen-bond acceptors (Lipinski definition) is 7. The number of aliphatic hydroxyl groups excluding tert-OH is 1. The van der Waals surface area contributed by atoms with E-state index in [4.69, 9.17) is 10.7 Å². The number of nitrogens with two attached hydrogens (primary N) is 1. The predicted octanol–water partition coefficient (Wildman–Crippen LogP) is 4.80. The normalized spacial score (nSPS) is 17.9. The van der Waals surface area contributed by atoms with Crippen LogP contribution in [0.3, 0.4) is 0 Å². The van der Waals surface area contributed by atoms with E-state index >= 15 is 0 Å². The van der Waals surface area contributed by atoms with E-state index in [1.165, 1.54) is 6.26 Å². The Morgan fingerprint density at radius 1 is 1.19 bits per heavy atom. The van der Waals surface area contributed by atoms with Crippen molar-refractivity contribution in [1.82, 2.24) is 4.90 Å². The van der Waals surface area contributed by atoms with E-state index in [9.17, 15) is 13.5 Å². The van der Waals surface area contributed by atoms with Gasteiger partial charge in [-0.2, -0.15) is 0 Å². The third kappa shape index (κ3) is 6.70. The van der Waals surface area contributed by atoms with Crippen LogP contribution in [0.1, 0.15) is 30.2 Å². The Labute approximate surface area is 217 Å². The van der Waals surface area contributed by atoms with E-state index < -0.39 is 9.84 Å². The average Bonchev–Trinajstić information content (AvgIpc) is 3.34. The highest BCUT2D eigenvalue weighted by Gasteiger charge is 2.18. The molecule has 1 fully saturated rings. The van der Waals surface area contributed by atoms with E-state index in [0.717, 1.165) is 58.1 Å². The van der Waals surface area contributed by atoms with Crippen molar-refractivity contribution in [1.29, 1.82) is 0 Å². The highest BCUT2D eigenvalue weighted by Crippen LogP contribution is 2.31. The number of para-hydroxylation sites is 1. The van der Waals surface area contributed by atoms with Crippen LogP contribution in [-0.2, 0) is 16.3 Å². The van der Waals surface area contributed by atoms with E-state index in [0.29, 0.717) is 23.7 Å². The summed E-state index contributed by atoms with van der Waals surface area (Å²) in [6, 6.07) is 19.1. The molecular weight excluding hydrogens is 490 g/mol. The fraction of sp³-hybridized carbons (Fsp3) is 0.321. The van der Waals surface area contributed by atoms with Gasteiger partial charge in [0.2, 0.25) is 0 Å². The number of sulfone groups is 1. The fourth-order valence-corrected chi connectivity index (χ4v) is 6.00. The zero-order valence-electron chi connectivity index (χ0n) is 20.7. The molecule has 1 atom stereocenters. The number of aliphatic imine (C=N–C) groups is 1. The van der Waals surface area contributed by atoms with Crippen molar-refractivity contribution in [3.8, 4) is 10.4 Å². The summed E-state index contributed by atoms with van der Waals surface area (Å²) < 4.78 is 24.1. The fourth-order valence-electron chi connectivity index (χ4n) is 4.37. The van der Waals surface area contributed by atoms with Crippen LogP contribution in [0, 0.1) is 0 Å². The predicted molar refractivity (Wildman–Crippen MR) is 149 cm³/mol. The molecule has 1 unspecified atom stereocenters. The van der Waals surface area contributed by atoms with Gasteiger partial charge in [-0.15, -0.1) is 11.3 Å². The van der Waals surface area contributed by atoms with Crippen molar-refractivity contribution in [2.75, 3.05) is 25.9 Å². The van der Waals surface area contributed by atoms with Gasteiger partial charge in [-0.05, 0) is 73.3 Å². The molecule has 3 N–H and O–H groups in total. The lowest BCUT2D eigenvalue weighted by molar-refractivity contribution is 0.0756. The minimum atomic E-state index is -3.29. The zero-order chi connectivity index (χ0) is 25.7. The molecule has 1 saturated heterocycles. The largest absolute Gasteiger partial charge is 0.401 e. The first-order valence-electron chi connectivity index (χ1n) is 12.2. The topological polar surface area (TPSA) is 96.0 Å². The van der Waals surface area contributed by atoms with Gasteiger partial charge < -0.3 is 10.8 Å². The minimum Gasteiger partial charge on any atom is -0.401 e. The number of β-amino-alcohol motifs (C(OH)–C–C–N with tert-alkyl or cyclic N) is 1. The number of thiophene rings is 1. The third-order valence-corrected chi connectivity index (χ3v) is 8.49. The van der Waals surface area contributed by atoms with Crippen molar-refractivity contribution in [2.24, 2.45) is 10.7 Å². The molecule has 0 amide bonds. The van der Waals surface area contributed by atoms with Gasteiger partial charge in [-0.3, -0.25) is 4.90 Å². The SMILES string of the molecule is CCc1ccccc1N=C(C=C(N)CN1CCCC(O)C1)c1ccc(-c2cccc(S(C)(=O)=O)c2)s1. The molecule has 1 aliphatic rings. The molecule has 3 aromatic rings. The molecule has 0 radical (unpaired) electrons. The maximum absolute atomic E-state index is 12.0. The Morgan fingerprint density at radius 3 is 2.75 bits per heavy atom. The molecule has 0 aliphatic carbocycles. The van der Waals surface area contributed by atoms with Crippen LogP contribution in [0.2, 0.25) is 0 Å². The number of piperidine rings is 1. The van der Waals surface area contributed by atoms with Gasteiger partial charge in [-0.1, -0.05) is 37.3 Å². The van der Waals surface area contributed by atoms with Gasteiger partial charge in [0.05, 0.1) is 27.3 Å². The summed E-state index contributed by atoms with van der Waals surface area (Å²) in [4.78, 5) is 9.40. The smallest absolute Gasteiger partial charge is 0.175 e. The van der Waals surface area contributed by atoms with Crippen LogP contribution in [0.15, 0.2) is 82.3 Å². The molecule has 1 aromatic heterocycles. The van der Waals surface area contributed by atoms with Crippen LogP contribution in [0.25, 0.3) is 10.4 Å². The first-order valence-corrected chi connectivity index (χ1v) is 14.9. The van der Waals surface area contributed by atoms with Crippen molar-refractivity contribution in [2.45, 2.75) is 37.2 Å². The number of hydrogen-bond donors (Lipinski definition) is 2. The van der Waals surface area contributed by atoms with E-state index in [1.54, 1.807) is 29.5 Å². The standard InChI is InChI=1S/C28H33N3O3S2/c1-3-20-8-4-5-12-25(20)30-26(17-22(29)18-31-15-7-10-23(32)19-31)28-14-13-27(35-28)21-9-6-11-24(16-21)36(2,33)34/h4-6,8-9,11-14,16-17,23,32H,3,7,10,15,18-19,29H2,1-2H3. The van der Waals surface area contributed by atoms with Crippen LogP contribution < -0.4 is 5.73 Å². The van der Waals surface area contributed by atoms with Crippen molar-refractivity contribution >= 4 is 32.6 Å². The molecule has 2 heterocycles. The highest BCUT2D eigenvalue weighted by atomic mass is 32.2. The van der Waals surface area contributed by atoms with E-state index in [2.05, 4.69) is 17.9 Å². The van der Waals surface area contributed by atoms with Gasteiger partial charge in [0, 0.05) is 29.9 Å². The Hall–Kier alpha value is -2.78. The quantitative estimate of drug-likeness (QED) is 0.414. The summed E-state index contributed by atoms with van der Waals surface area (Å²) in [7, 11) is -3.29. The lowest BCUT2D eigenvalue weighted by Crippen LogP contribution is -2.40. The first-order chi connectivity index (χ1) is 17.2. The molecule has 36 heavy (non-hydrogen) atoms. The lowest BCUT2D eigenvalue weighted by atomic mass is 10.1. The van der Waals surface area contributed by atoms with E-state index in [1.807, 2.05) is 42.5 Å². The molecule has 0 bridgehead atoms. The first kappa shape index (κ1) is 26.3. The van der Waals surface area contributed by atoms with Crippen LogP contribution in [-0.4, -0.2) is 56.1 Å². The summed E-state index contributed by atoms with van der Waals surface area (Å²) in [5.74, 6) is 0. The molecule has 0 spiro atoms. The number of allylic oxidation sites excluding steroid dienone is 1. The Balaban J connectivity index is 1.70. The molecular formula is C28H33N3O3S2. The summed E-state index contributed by atoms with van der Waals surface area (Å²) in [6.07, 6.45) is 5.50. The van der Waals surface area contributed by atoms with Crippen LogP contribution in [0.5, 0.6) is 0 Å². The molecule has 1 aliphatic heterocycles. The third-order valence-electron chi connectivity index (χ3n) is 6.23. The number of aliphatic hydroxyl groups is 1. The van der Waals surface area contributed by atoms with Crippen molar-refractivity contribution in [3.05, 3.63) is 82.9 Å². The summed E-state index contributed by atoms with van der Waals surface area (Å²) in [5, 5.41) is 10.0. The van der Waals surface area contributed by atoms with Crippen LogP contribution in [0.4, 0.5) is 5.69 Å². The molecule has 6 nitrogen and oxygen atoms in total. The molecule has 0 saturated carbocycles. The summed E-state index contributed by atoms with van der Waals surface area (Å²) >= 11 is 1.56. The van der Waals surface area contributed by atoms with Gasteiger partial charge in [0.1, 0.15) is 0 Å². The van der Waals surface area contributed by atoms with Gasteiger partial charge in [-0.25, -0.2) is 13.4 Å². The molecule has 2 aromatic carbocycles.